The molecule has 1 saturated heterocycles. The van der Waals surface area contributed by atoms with E-state index in [1.807, 2.05) is 18.2 Å². The summed E-state index contributed by atoms with van der Waals surface area (Å²) >= 11 is 0. The van der Waals surface area contributed by atoms with Gasteiger partial charge in [0.2, 0.25) is 0 Å². The second-order valence-corrected chi connectivity index (χ2v) is 7.40. The largest absolute Gasteiger partial charge is 0.508 e. The zero-order valence-corrected chi connectivity index (χ0v) is 15.5. The zero-order chi connectivity index (χ0) is 18.5. The molecular formula is C20H30N2O4. The summed E-state index contributed by atoms with van der Waals surface area (Å²) < 4.78 is 11.0. The Labute approximate surface area is 155 Å². The summed E-state index contributed by atoms with van der Waals surface area (Å²) in [7, 11) is 1.40. The number of methoxy groups -OCH3 is 1. The lowest BCUT2D eigenvalue weighted by atomic mass is 9.82. The molecule has 0 radical (unpaired) electrons. The normalized spacial score (nSPS) is 29.4. The minimum Gasteiger partial charge on any atom is -0.508 e. The first-order valence-electron chi connectivity index (χ1n) is 9.59. The molecule has 3 rings (SSSR count). The number of phenols is 1. The number of phenolic OH excluding ortho intramolecular Hbond substituents is 1. The minimum absolute atomic E-state index is 0.0690. The van der Waals surface area contributed by atoms with Crippen molar-refractivity contribution in [2.45, 2.75) is 62.6 Å². The van der Waals surface area contributed by atoms with Gasteiger partial charge >= 0.3 is 6.09 Å². The molecule has 3 N–H and O–H groups in total. The van der Waals surface area contributed by atoms with E-state index in [0.29, 0.717) is 24.8 Å². The number of aromatic hydroxyl groups is 1. The summed E-state index contributed by atoms with van der Waals surface area (Å²) in [5.74, 6) is 0.776. The van der Waals surface area contributed by atoms with Crippen molar-refractivity contribution in [2.24, 2.45) is 5.73 Å². The molecule has 26 heavy (non-hydrogen) atoms. The highest BCUT2D eigenvalue weighted by Gasteiger charge is 2.34. The highest BCUT2D eigenvalue weighted by atomic mass is 16.5. The minimum atomic E-state index is -0.322. The lowest BCUT2D eigenvalue weighted by molar-refractivity contribution is -0.0230. The predicted octanol–water partition coefficient (Wildman–Crippen LogP) is 2.99. The van der Waals surface area contributed by atoms with E-state index in [4.69, 9.17) is 15.2 Å². The lowest BCUT2D eigenvalue weighted by Gasteiger charge is -2.39. The number of amides is 1. The molecule has 1 heterocycles. The van der Waals surface area contributed by atoms with Crippen LogP contribution in [0, 0.1) is 0 Å². The van der Waals surface area contributed by atoms with Gasteiger partial charge < -0.3 is 25.2 Å². The number of hydrogen-bond acceptors (Lipinski definition) is 5. The molecule has 2 atom stereocenters. The van der Waals surface area contributed by atoms with Crippen LogP contribution >= 0.6 is 0 Å². The summed E-state index contributed by atoms with van der Waals surface area (Å²) in [5.41, 5.74) is 7.27. The van der Waals surface area contributed by atoms with Gasteiger partial charge in [-0.15, -0.1) is 0 Å². The Morgan fingerprint density at radius 2 is 1.96 bits per heavy atom. The average Bonchev–Trinajstić information content (AvgIpc) is 2.67. The van der Waals surface area contributed by atoms with E-state index in [0.717, 1.165) is 44.1 Å². The molecule has 1 aliphatic heterocycles. The molecule has 0 unspecified atom stereocenters. The molecule has 1 amide bonds. The molecular weight excluding hydrogens is 332 g/mol. The molecule has 1 saturated carbocycles. The maximum absolute atomic E-state index is 12.0. The van der Waals surface area contributed by atoms with E-state index < -0.39 is 0 Å². The van der Waals surface area contributed by atoms with E-state index in [9.17, 15) is 9.90 Å². The van der Waals surface area contributed by atoms with Crippen LogP contribution in [0.5, 0.6) is 5.75 Å². The number of carbonyl (C=O) groups excluding carboxylic acids is 1. The van der Waals surface area contributed by atoms with Gasteiger partial charge in [0.25, 0.3) is 0 Å². The summed E-state index contributed by atoms with van der Waals surface area (Å²) in [6.45, 7) is 1.14. The molecule has 0 aromatic heterocycles. The molecule has 6 nitrogen and oxygen atoms in total. The number of benzene rings is 1. The number of ether oxygens (including phenoxy) is 2. The van der Waals surface area contributed by atoms with Crippen LogP contribution in [0.25, 0.3) is 0 Å². The number of nitrogens with zero attached hydrogens (tertiary/aromatic N) is 1. The predicted molar refractivity (Wildman–Crippen MR) is 99.2 cm³/mol. The van der Waals surface area contributed by atoms with Gasteiger partial charge in [-0.3, -0.25) is 0 Å². The molecule has 2 fully saturated rings. The van der Waals surface area contributed by atoms with Gasteiger partial charge in [0.1, 0.15) is 5.75 Å². The molecule has 0 bridgehead atoms. The fourth-order valence-electron chi connectivity index (χ4n) is 4.25. The van der Waals surface area contributed by atoms with Crippen LogP contribution < -0.4 is 5.73 Å². The second kappa shape index (κ2) is 8.73. The number of likely N-dealkylation sites (tertiary alicyclic amines) is 1. The average molecular weight is 362 g/mol. The topological polar surface area (TPSA) is 85.0 Å². The first-order chi connectivity index (χ1) is 12.6. The summed E-state index contributed by atoms with van der Waals surface area (Å²) in [6.07, 6.45) is 5.58. The third kappa shape index (κ3) is 4.30. The second-order valence-electron chi connectivity index (χ2n) is 7.40. The number of para-hydroxylation sites is 1. The van der Waals surface area contributed by atoms with E-state index in [1.54, 1.807) is 11.0 Å². The van der Waals surface area contributed by atoms with Crippen LogP contribution in [0.4, 0.5) is 4.79 Å². The lowest BCUT2D eigenvalue weighted by Crippen LogP contribution is -2.56. The third-order valence-corrected chi connectivity index (χ3v) is 5.79. The third-order valence-electron chi connectivity index (χ3n) is 5.79. The summed E-state index contributed by atoms with van der Waals surface area (Å²) in [6, 6.07) is 7.41. The van der Waals surface area contributed by atoms with Gasteiger partial charge in [-0.1, -0.05) is 18.2 Å². The van der Waals surface area contributed by atoms with Crippen LogP contribution in [-0.4, -0.2) is 54.5 Å². The quantitative estimate of drug-likeness (QED) is 0.860. The summed E-state index contributed by atoms with van der Waals surface area (Å²) in [5, 5.41) is 10.0. The fraction of sp³-hybridized carbons (Fsp3) is 0.650. The van der Waals surface area contributed by atoms with E-state index >= 15 is 0 Å². The standard InChI is InChI=1S/C20H30N2O4/c1-25-20(24)22-12-4-6-17(21)18(22)13-26-15-10-8-14(9-11-15)16-5-2-3-7-19(16)23/h2-3,5,7,14-15,17-18,23H,4,6,8-13,21H2,1H3/t14-,15+,17-,18-/m0/s1. The first-order valence-corrected chi connectivity index (χ1v) is 9.59. The molecule has 0 spiro atoms. The van der Waals surface area contributed by atoms with Crippen LogP contribution in [0.1, 0.15) is 50.0 Å². The smallest absolute Gasteiger partial charge is 0.409 e. The van der Waals surface area contributed by atoms with Crippen molar-refractivity contribution in [3.8, 4) is 5.75 Å². The van der Waals surface area contributed by atoms with Crippen molar-refractivity contribution in [3.05, 3.63) is 29.8 Å². The van der Waals surface area contributed by atoms with E-state index in [2.05, 4.69) is 0 Å². The monoisotopic (exact) mass is 362 g/mol. The Morgan fingerprint density at radius 1 is 1.23 bits per heavy atom. The molecule has 1 aromatic carbocycles. The molecule has 1 aromatic rings. The van der Waals surface area contributed by atoms with Crippen LogP contribution in [0.2, 0.25) is 0 Å². The molecule has 144 valence electrons. The zero-order valence-electron chi connectivity index (χ0n) is 15.5. The molecule has 2 aliphatic rings. The SMILES string of the molecule is COC(=O)N1CCC[C@H](N)[C@@H]1CO[C@H]1CC[C@@H](c2ccccc2O)CC1. The van der Waals surface area contributed by atoms with Crippen molar-refractivity contribution in [3.63, 3.8) is 0 Å². The fourth-order valence-corrected chi connectivity index (χ4v) is 4.25. The number of carbonyl (C=O) groups is 1. The van der Waals surface area contributed by atoms with Crippen molar-refractivity contribution >= 4 is 6.09 Å². The van der Waals surface area contributed by atoms with E-state index in [1.165, 1.54) is 7.11 Å². The molecule has 1 aliphatic carbocycles. The van der Waals surface area contributed by atoms with Gasteiger partial charge in [-0.2, -0.15) is 0 Å². The number of hydrogen-bond donors (Lipinski definition) is 2. The highest BCUT2D eigenvalue weighted by molar-refractivity contribution is 5.68. The highest BCUT2D eigenvalue weighted by Crippen LogP contribution is 2.37. The Kier molecular flexibility index (Phi) is 6.38. The Balaban J connectivity index is 1.51. The van der Waals surface area contributed by atoms with Gasteiger partial charge in [-0.25, -0.2) is 4.79 Å². The van der Waals surface area contributed by atoms with Crippen LogP contribution in [0.3, 0.4) is 0 Å². The van der Waals surface area contributed by atoms with Gasteiger partial charge in [0.05, 0.1) is 25.9 Å². The van der Waals surface area contributed by atoms with Gasteiger partial charge in [-0.05, 0) is 56.1 Å². The van der Waals surface area contributed by atoms with Gasteiger partial charge in [0.15, 0.2) is 0 Å². The van der Waals surface area contributed by atoms with Gasteiger partial charge in [0, 0.05) is 12.6 Å². The first kappa shape index (κ1) is 19.0. The Bertz CT molecular complexity index is 601. The Hall–Kier alpha value is -1.79. The van der Waals surface area contributed by atoms with Crippen molar-refractivity contribution in [1.29, 1.82) is 0 Å². The van der Waals surface area contributed by atoms with E-state index in [-0.39, 0.29) is 24.3 Å². The number of rotatable bonds is 4. The van der Waals surface area contributed by atoms with Crippen molar-refractivity contribution in [1.82, 2.24) is 4.90 Å². The van der Waals surface area contributed by atoms with Crippen LogP contribution in [-0.2, 0) is 9.47 Å². The number of nitrogens with two attached hydrogens (primary N) is 1. The maximum atomic E-state index is 12.0. The van der Waals surface area contributed by atoms with Crippen LogP contribution in [0.15, 0.2) is 24.3 Å². The molecule has 6 heteroatoms. The van der Waals surface area contributed by atoms with Crippen molar-refractivity contribution in [2.75, 3.05) is 20.3 Å². The summed E-state index contributed by atoms with van der Waals surface area (Å²) in [4.78, 5) is 13.7. The number of piperidine rings is 1. The van der Waals surface area contributed by atoms with Crippen molar-refractivity contribution < 1.29 is 19.4 Å². The maximum Gasteiger partial charge on any atom is 0.409 e. The Morgan fingerprint density at radius 3 is 2.65 bits per heavy atom.